The average molecular weight is 1130 g/mol. The highest BCUT2D eigenvalue weighted by molar-refractivity contribution is 5.98. The van der Waals surface area contributed by atoms with E-state index in [0.717, 1.165) is 16.7 Å². The third-order valence-corrected chi connectivity index (χ3v) is 14.9. The zero-order valence-electron chi connectivity index (χ0n) is 50.7. The van der Waals surface area contributed by atoms with E-state index in [1.165, 1.54) is 59.6 Å². The normalized spacial score (nSPS) is 16.8. The molecule has 3 aromatic rings. The van der Waals surface area contributed by atoms with Crippen molar-refractivity contribution in [1.29, 1.82) is 0 Å². The van der Waals surface area contributed by atoms with E-state index in [1.807, 2.05) is 92.7 Å². The number of alkyl carbamates (subject to hydrolysis) is 1. The number of nitrogens with one attached hydrogen (secondary N) is 2. The van der Waals surface area contributed by atoms with E-state index in [-0.39, 0.29) is 38.7 Å². The highest BCUT2D eigenvalue weighted by Crippen LogP contribution is 2.27. The quantitative estimate of drug-likeness (QED) is 0.0739. The number of hydrogen-bond acceptors (Lipinski definition) is 12. The van der Waals surface area contributed by atoms with Crippen molar-refractivity contribution in [2.75, 3.05) is 34.7 Å². The molecule has 2 N–H and O–H groups in total. The van der Waals surface area contributed by atoms with Crippen LogP contribution >= 0.6 is 0 Å². The Morgan fingerprint density at radius 2 is 1.04 bits per heavy atom. The van der Waals surface area contributed by atoms with Crippen molar-refractivity contribution in [1.82, 2.24) is 35.1 Å². The standard InChI is InChI=1S/C62H91N7O12/c1-17-41(6)51(60(76)81-62(10,11)12)66(14)58(74)50(40(4)5)65(13)59(75)53(44(9)79-37-46-30-23-19-24-31-46)68(16)57(73)49(39(2)3)64-54(70)52(43(8)78-36-45-28-21-18-22-29-45)67(15)56(72)48-34-27-35-69(48)55(71)42(7)63-61(77)80-38-47-32-25-20-26-33-47/h18-26,28-33,39-44,48-53H,17,27,34-38H2,1-16H3,(H,63,77)(H,64,70)/t41-,42-,43+,44+,48-,49-,50-,51-,52-,53-/m0/s1. The summed E-state index contributed by atoms with van der Waals surface area (Å²) in [5.74, 6) is -5.52. The summed E-state index contributed by atoms with van der Waals surface area (Å²) in [5, 5.41) is 5.51. The lowest BCUT2D eigenvalue weighted by molar-refractivity contribution is -0.168. The van der Waals surface area contributed by atoms with Crippen LogP contribution in [0.25, 0.3) is 0 Å². The first-order valence-corrected chi connectivity index (χ1v) is 28.3. The molecule has 0 bridgehead atoms. The molecule has 1 aliphatic heterocycles. The maximum atomic E-state index is 15.3. The van der Waals surface area contributed by atoms with Gasteiger partial charge in [-0.1, -0.05) is 139 Å². The third kappa shape index (κ3) is 18.6. The number of likely N-dealkylation sites (N-methyl/N-ethyl adjacent to an activating group) is 4. The molecule has 0 saturated carbocycles. The summed E-state index contributed by atoms with van der Waals surface area (Å²) in [7, 11) is 5.93. The SMILES string of the molecule is CC[C@H](C)[C@@H](C(=O)OC(C)(C)C)N(C)C(=O)[C@H](C(C)C)N(C)C(=O)[C@H]([C@@H](C)OCc1ccccc1)N(C)C(=O)[C@@H](NC(=O)[C@H]([C@@H](C)OCc1ccccc1)N(C)C(=O)[C@@H]1CCCN1C(=O)[C@H](C)NC(=O)OCc1ccccc1)C(C)C. The number of benzene rings is 3. The maximum Gasteiger partial charge on any atom is 0.408 e. The number of hydrogen-bond donors (Lipinski definition) is 2. The molecule has 0 aromatic heterocycles. The molecule has 19 heteroatoms. The molecule has 19 nitrogen and oxygen atoms in total. The number of nitrogens with zero attached hydrogens (tertiary/aromatic N) is 5. The van der Waals surface area contributed by atoms with Crippen LogP contribution < -0.4 is 10.6 Å². The largest absolute Gasteiger partial charge is 0.458 e. The Hall–Kier alpha value is -6.86. The fourth-order valence-electron chi connectivity index (χ4n) is 10.1. The van der Waals surface area contributed by atoms with Gasteiger partial charge in [-0.2, -0.15) is 0 Å². The van der Waals surface area contributed by atoms with Crippen LogP contribution in [-0.2, 0) is 72.3 Å². The van der Waals surface area contributed by atoms with Crippen LogP contribution in [0.4, 0.5) is 4.79 Å². The Kier molecular flexibility index (Phi) is 25.4. The Morgan fingerprint density at radius 1 is 0.580 bits per heavy atom. The van der Waals surface area contributed by atoms with Gasteiger partial charge < -0.3 is 54.1 Å². The van der Waals surface area contributed by atoms with E-state index in [2.05, 4.69) is 10.6 Å². The van der Waals surface area contributed by atoms with Gasteiger partial charge >= 0.3 is 12.1 Å². The fourth-order valence-corrected chi connectivity index (χ4v) is 10.1. The van der Waals surface area contributed by atoms with Gasteiger partial charge in [0, 0.05) is 34.7 Å². The predicted octanol–water partition coefficient (Wildman–Crippen LogP) is 7.00. The van der Waals surface area contributed by atoms with Crippen LogP contribution in [0, 0.1) is 17.8 Å². The topological polar surface area (TPSA) is 214 Å². The van der Waals surface area contributed by atoms with Crippen molar-refractivity contribution >= 4 is 47.5 Å². The van der Waals surface area contributed by atoms with Crippen molar-refractivity contribution in [3.8, 4) is 0 Å². The van der Waals surface area contributed by atoms with Gasteiger partial charge in [-0.15, -0.1) is 0 Å². The van der Waals surface area contributed by atoms with Crippen LogP contribution in [0.2, 0.25) is 0 Å². The number of esters is 1. The van der Waals surface area contributed by atoms with Crippen LogP contribution in [-0.4, -0.2) is 167 Å². The molecule has 0 aliphatic carbocycles. The summed E-state index contributed by atoms with van der Waals surface area (Å²) in [6.45, 7) is 21.3. The summed E-state index contributed by atoms with van der Waals surface area (Å²) in [6, 6.07) is 19.5. The number of likely N-dealkylation sites (tertiary alicyclic amines) is 1. The lowest BCUT2D eigenvalue weighted by Crippen LogP contribution is -2.64. The van der Waals surface area contributed by atoms with Gasteiger partial charge in [-0.05, 0) is 88.8 Å². The molecule has 1 fully saturated rings. The van der Waals surface area contributed by atoms with Gasteiger partial charge in [0.25, 0.3) is 0 Å². The van der Waals surface area contributed by atoms with E-state index < -0.39 is 119 Å². The van der Waals surface area contributed by atoms with E-state index in [1.54, 1.807) is 74.4 Å². The van der Waals surface area contributed by atoms with Crippen LogP contribution in [0.15, 0.2) is 91.0 Å². The minimum Gasteiger partial charge on any atom is -0.458 e. The smallest absolute Gasteiger partial charge is 0.408 e. The van der Waals surface area contributed by atoms with Crippen LogP contribution in [0.1, 0.15) is 119 Å². The number of ether oxygens (including phenoxy) is 4. The molecule has 4 rings (SSSR count). The molecule has 81 heavy (non-hydrogen) atoms. The van der Waals surface area contributed by atoms with Gasteiger partial charge in [-0.25, -0.2) is 9.59 Å². The second-order valence-electron chi connectivity index (χ2n) is 23.1. The molecule has 7 amide bonds. The number of rotatable bonds is 27. The Balaban J connectivity index is 1.68. The molecule has 1 saturated heterocycles. The molecule has 3 aromatic carbocycles. The van der Waals surface area contributed by atoms with E-state index >= 15 is 14.4 Å². The van der Waals surface area contributed by atoms with Crippen molar-refractivity contribution in [2.24, 2.45) is 17.8 Å². The van der Waals surface area contributed by atoms with Crippen molar-refractivity contribution < 1.29 is 57.3 Å². The summed E-state index contributed by atoms with van der Waals surface area (Å²) < 4.78 is 23.9. The summed E-state index contributed by atoms with van der Waals surface area (Å²) in [5.41, 5.74) is 1.55. The lowest BCUT2D eigenvalue weighted by Gasteiger charge is -2.42. The van der Waals surface area contributed by atoms with Gasteiger partial charge in [0.15, 0.2) is 0 Å². The van der Waals surface area contributed by atoms with Crippen molar-refractivity contribution in [3.05, 3.63) is 108 Å². The van der Waals surface area contributed by atoms with Gasteiger partial charge in [0.1, 0.15) is 54.5 Å². The van der Waals surface area contributed by atoms with Gasteiger partial charge in [-0.3, -0.25) is 28.8 Å². The second-order valence-corrected chi connectivity index (χ2v) is 23.1. The van der Waals surface area contributed by atoms with Gasteiger partial charge in [0.05, 0.1) is 25.4 Å². The molecule has 0 unspecified atom stereocenters. The Bertz CT molecular complexity index is 2540. The highest BCUT2D eigenvalue weighted by atomic mass is 16.6. The number of carbonyl (C=O) groups excluding carboxylic acids is 8. The maximum absolute atomic E-state index is 15.3. The first-order valence-electron chi connectivity index (χ1n) is 28.3. The molecule has 0 radical (unpaired) electrons. The summed E-state index contributed by atoms with van der Waals surface area (Å²) in [6.07, 6.45) is -1.44. The Morgan fingerprint density at radius 3 is 1.51 bits per heavy atom. The van der Waals surface area contributed by atoms with E-state index in [4.69, 9.17) is 18.9 Å². The Labute approximate surface area is 480 Å². The lowest BCUT2D eigenvalue weighted by atomic mass is 9.94. The second kappa shape index (κ2) is 30.8. The first-order chi connectivity index (χ1) is 38.1. The van der Waals surface area contributed by atoms with E-state index in [9.17, 15) is 24.0 Å². The highest BCUT2D eigenvalue weighted by Gasteiger charge is 2.47. The number of amides is 7. The molecule has 1 heterocycles. The monoisotopic (exact) mass is 1130 g/mol. The fraction of sp³-hybridized carbons (Fsp3) is 0.581. The van der Waals surface area contributed by atoms with Gasteiger partial charge in [0.2, 0.25) is 35.4 Å². The van der Waals surface area contributed by atoms with Crippen LogP contribution in [0.3, 0.4) is 0 Å². The van der Waals surface area contributed by atoms with Crippen molar-refractivity contribution in [3.63, 3.8) is 0 Å². The zero-order valence-corrected chi connectivity index (χ0v) is 50.7. The first kappa shape index (κ1) is 66.7. The third-order valence-electron chi connectivity index (χ3n) is 14.9. The molecule has 1 aliphatic rings. The molecule has 10 atom stereocenters. The van der Waals surface area contributed by atoms with Crippen molar-refractivity contribution in [2.45, 2.75) is 182 Å². The van der Waals surface area contributed by atoms with Crippen LogP contribution in [0.5, 0.6) is 0 Å². The minimum absolute atomic E-state index is 0.00701. The average Bonchev–Trinajstić information content (AvgIpc) is 4.04. The summed E-state index contributed by atoms with van der Waals surface area (Å²) in [4.78, 5) is 122. The molecular weight excluding hydrogens is 1030 g/mol. The minimum atomic E-state index is -1.36. The zero-order chi connectivity index (χ0) is 60.5. The number of carbonyl (C=O) groups is 8. The van der Waals surface area contributed by atoms with E-state index in [0.29, 0.717) is 12.8 Å². The molecular formula is C62H91N7O12. The summed E-state index contributed by atoms with van der Waals surface area (Å²) >= 11 is 0. The molecule has 0 spiro atoms. The predicted molar refractivity (Wildman–Crippen MR) is 308 cm³/mol. The molecule has 446 valence electrons.